The monoisotopic (exact) mass is 333 g/mol. The maximum absolute atomic E-state index is 12.3. The van der Waals surface area contributed by atoms with Gasteiger partial charge < -0.3 is 10.5 Å². The predicted molar refractivity (Wildman–Crippen MR) is 84.9 cm³/mol. The second-order valence-electron chi connectivity index (χ2n) is 4.68. The molecule has 2 aromatic rings. The minimum absolute atomic E-state index is 0.299. The number of nitrogens with zero attached hydrogens (tertiary/aromatic N) is 1. The van der Waals surface area contributed by atoms with Crippen LogP contribution in [0.3, 0.4) is 0 Å². The Labute approximate surface area is 136 Å². The number of benzene rings is 1. The number of ether oxygens (including phenoxy) is 1. The van der Waals surface area contributed by atoms with Crippen LogP contribution in [-0.2, 0) is 9.53 Å². The summed E-state index contributed by atoms with van der Waals surface area (Å²) < 4.78 is 5.09. The van der Waals surface area contributed by atoms with Crippen LogP contribution in [0.5, 0.6) is 0 Å². The van der Waals surface area contributed by atoms with Gasteiger partial charge in [-0.15, -0.1) is 11.3 Å². The molecule has 8 heteroatoms. The van der Waals surface area contributed by atoms with Gasteiger partial charge in [0.1, 0.15) is 4.88 Å². The summed E-state index contributed by atoms with van der Waals surface area (Å²) in [5.74, 6) is -1.46. The van der Waals surface area contributed by atoms with E-state index >= 15 is 0 Å². The van der Waals surface area contributed by atoms with Crippen LogP contribution in [0.2, 0.25) is 0 Å². The molecule has 0 spiro atoms. The van der Waals surface area contributed by atoms with Gasteiger partial charge in [-0.05, 0) is 13.8 Å². The first-order valence-corrected chi connectivity index (χ1v) is 7.54. The normalized spacial score (nSPS) is 11.6. The highest BCUT2D eigenvalue weighted by Gasteiger charge is 2.24. The van der Waals surface area contributed by atoms with Gasteiger partial charge in [-0.3, -0.25) is 10.1 Å². The topological polar surface area (TPSA) is 111 Å². The number of carbonyl (C=O) groups is 3. The molecule has 0 aliphatic heterocycles. The van der Waals surface area contributed by atoms with E-state index in [4.69, 9.17) is 10.5 Å². The first-order valence-electron chi connectivity index (χ1n) is 6.72. The number of amides is 3. The van der Waals surface area contributed by atoms with E-state index in [-0.39, 0.29) is 0 Å². The number of nitrogens with two attached hydrogens (primary N) is 1. The van der Waals surface area contributed by atoms with E-state index in [1.807, 2.05) is 35.6 Å². The molecule has 0 saturated heterocycles. The van der Waals surface area contributed by atoms with E-state index in [9.17, 15) is 14.4 Å². The lowest BCUT2D eigenvalue weighted by molar-refractivity contribution is -0.127. The Kier molecular flexibility index (Phi) is 5.07. The number of rotatable bonds is 4. The Hall–Kier alpha value is -2.74. The van der Waals surface area contributed by atoms with Crippen molar-refractivity contribution < 1.29 is 19.1 Å². The maximum Gasteiger partial charge on any atom is 0.351 e. The van der Waals surface area contributed by atoms with Crippen molar-refractivity contribution in [3.05, 3.63) is 40.2 Å². The highest BCUT2D eigenvalue weighted by atomic mass is 32.1. The molecule has 0 fully saturated rings. The van der Waals surface area contributed by atoms with Gasteiger partial charge in [0.05, 0.1) is 10.7 Å². The average molecular weight is 333 g/mol. The van der Waals surface area contributed by atoms with Crippen LogP contribution in [0.1, 0.15) is 21.6 Å². The van der Waals surface area contributed by atoms with Crippen molar-refractivity contribution in [1.29, 1.82) is 0 Å². The Morgan fingerprint density at radius 3 is 2.52 bits per heavy atom. The first kappa shape index (κ1) is 16.6. The van der Waals surface area contributed by atoms with Gasteiger partial charge in [0, 0.05) is 5.56 Å². The Morgan fingerprint density at radius 1 is 1.26 bits per heavy atom. The summed E-state index contributed by atoms with van der Waals surface area (Å²) in [6.45, 7) is 3.13. The van der Waals surface area contributed by atoms with Crippen molar-refractivity contribution in [3.8, 4) is 11.3 Å². The third kappa shape index (κ3) is 4.13. The lowest BCUT2D eigenvalue weighted by Crippen LogP contribution is -2.42. The summed E-state index contributed by atoms with van der Waals surface area (Å²) in [6, 6.07) is 8.18. The van der Waals surface area contributed by atoms with Gasteiger partial charge in [0.25, 0.3) is 5.91 Å². The van der Waals surface area contributed by atoms with E-state index in [0.29, 0.717) is 15.6 Å². The summed E-state index contributed by atoms with van der Waals surface area (Å²) in [5.41, 5.74) is 6.13. The van der Waals surface area contributed by atoms with Crippen molar-refractivity contribution in [2.75, 3.05) is 0 Å². The second-order valence-corrected chi connectivity index (χ2v) is 5.88. The number of urea groups is 1. The maximum atomic E-state index is 12.3. The zero-order valence-corrected chi connectivity index (χ0v) is 13.3. The zero-order valence-electron chi connectivity index (χ0n) is 12.5. The number of hydrogen-bond donors (Lipinski definition) is 2. The van der Waals surface area contributed by atoms with Gasteiger partial charge in [-0.2, -0.15) is 0 Å². The number of aromatic nitrogens is 1. The molecule has 1 atom stereocenters. The Bertz CT molecular complexity index is 742. The largest absolute Gasteiger partial charge is 0.448 e. The van der Waals surface area contributed by atoms with Crippen LogP contribution in [0.25, 0.3) is 11.3 Å². The molecule has 120 valence electrons. The molecule has 2 rings (SSSR count). The fraction of sp³-hybridized carbons (Fsp3) is 0.200. The molecule has 0 bridgehead atoms. The SMILES string of the molecule is Cc1nc(-c2ccccc2)c(C(=O)O[C@@H](C)C(=O)NC(N)=O)s1. The molecule has 1 heterocycles. The van der Waals surface area contributed by atoms with Crippen LogP contribution < -0.4 is 11.1 Å². The number of primary amides is 1. The van der Waals surface area contributed by atoms with E-state index < -0.39 is 24.0 Å². The summed E-state index contributed by atoms with van der Waals surface area (Å²) in [6.07, 6.45) is -1.15. The van der Waals surface area contributed by atoms with Gasteiger partial charge in [0.15, 0.2) is 6.10 Å². The number of imide groups is 1. The van der Waals surface area contributed by atoms with Crippen LogP contribution in [0.4, 0.5) is 4.79 Å². The fourth-order valence-electron chi connectivity index (χ4n) is 1.85. The smallest absolute Gasteiger partial charge is 0.351 e. The highest BCUT2D eigenvalue weighted by Crippen LogP contribution is 2.28. The molecule has 1 aromatic carbocycles. The number of thiazole rings is 1. The molecule has 0 saturated carbocycles. The number of hydrogen-bond acceptors (Lipinski definition) is 6. The van der Waals surface area contributed by atoms with Crippen molar-refractivity contribution in [3.63, 3.8) is 0 Å². The minimum atomic E-state index is -1.15. The third-order valence-electron chi connectivity index (χ3n) is 2.87. The lowest BCUT2D eigenvalue weighted by Gasteiger charge is -2.11. The molecular formula is C15H15N3O4S. The molecule has 23 heavy (non-hydrogen) atoms. The van der Waals surface area contributed by atoms with Crippen molar-refractivity contribution in [2.45, 2.75) is 20.0 Å². The molecule has 3 amide bonds. The summed E-state index contributed by atoms with van der Waals surface area (Å²) in [7, 11) is 0. The Morgan fingerprint density at radius 2 is 1.91 bits per heavy atom. The van der Waals surface area contributed by atoms with Gasteiger partial charge in [-0.25, -0.2) is 14.6 Å². The van der Waals surface area contributed by atoms with Crippen LogP contribution >= 0.6 is 11.3 Å². The quantitative estimate of drug-likeness (QED) is 0.830. The van der Waals surface area contributed by atoms with E-state index in [0.717, 1.165) is 5.56 Å². The van der Waals surface area contributed by atoms with Crippen LogP contribution in [-0.4, -0.2) is 29.0 Å². The first-order chi connectivity index (χ1) is 10.9. The molecule has 0 unspecified atom stereocenters. The molecule has 7 nitrogen and oxygen atoms in total. The molecule has 3 N–H and O–H groups in total. The second kappa shape index (κ2) is 7.01. The van der Waals surface area contributed by atoms with Crippen LogP contribution in [0.15, 0.2) is 30.3 Å². The minimum Gasteiger partial charge on any atom is -0.448 e. The fourth-order valence-corrected chi connectivity index (χ4v) is 2.67. The zero-order chi connectivity index (χ0) is 17.0. The van der Waals surface area contributed by atoms with Crippen molar-refractivity contribution in [1.82, 2.24) is 10.3 Å². The molecular weight excluding hydrogens is 318 g/mol. The summed E-state index contributed by atoms with van der Waals surface area (Å²) in [5, 5.41) is 2.56. The Balaban J connectivity index is 2.20. The molecule has 1 aromatic heterocycles. The number of nitrogens with one attached hydrogen (secondary N) is 1. The van der Waals surface area contributed by atoms with Gasteiger partial charge >= 0.3 is 12.0 Å². The molecule has 0 aliphatic rings. The van der Waals surface area contributed by atoms with Gasteiger partial charge in [-0.1, -0.05) is 30.3 Å². The van der Waals surface area contributed by atoms with E-state index in [1.54, 1.807) is 6.92 Å². The van der Waals surface area contributed by atoms with E-state index in [2.05, 4.69) is 4.98 Å². The standard InChI is InChI=1S/C15H15N3O4S/c1-8(13(19)18-15(16)21)22-14(20)12-11(17-9(2)23-12)10-6-4-3-5-7-10/h3-8H,1-2H3,(H3,16,18,19,21)/t8-/m0/s1. The van der Waals surface area contributed by atoms with Crippen LogP contribution in [0, 0.1) is 6.92 Å². The average Bonchev–Trinajstić information content (AvgIpc) is 2.89. The third-order valence-corrected chi connectivity index (χ3v) is 3.82. The van der Waals surface area contributed by atoms with Crippen molar-refractivity contribution in [2.24, 2.45) is 5.73 Å². The lowest BCUT2D eigenvalue weighted by atomic mass is 10.1. The van der Waals surface area contributed by atoms with E-state index in [1.165, 1.54) is 18.3 Å². The molecule has 0 aliphatic carbocycles. The van der Waals surface area contributed by atoms with Crippen molar-refractivity contribution >= 4 is 29.2 Å². The summed E-state index contributed by atoms with van der Waals surface area (Å²) >= 11 is 1.18. The number of carbonyl (C=O) groups excluding carboxylic acids is 3. The molecule has 0 radical (unpaired) electrons. The summed E-state index contributed by atoms with van der Waals surface area (Å²) in [4.78, 5) is 39.2. The number of esters is 1. The number of aryl methyl sites for hydroxylation is 1. The van der Waals surface area contributed by atoms with Gasteiger partial charge in [0.2, 0.25) is 0 Å². The predicted octanol–water partition coefficient (Wildman–Crippen LogP) is 1.86. The highest BCUT2D eigenvalue weighted by molar-refractivity contribution is 7.14.